The van der Waals surface area contributed by atoms with Crippen LogP contribution in [0.15, 0.2) is 22.8 Å². The molecule has 7 heteroatoms. The van der Waals surface area contributed by atoms with E-state index in [9.17, 15) is 14.9 Å². The van der Waals surface area contributed by atoms with Gasteiger partial charge in [-0.25, -0.2) is 5.32 Å². The number of aliphatic carboxylic acids is 1. The fourth-order valence-corrected chi connectivity index (χ4v) is 1.57. The number of nitro groups is 1. The third kappa shape index (κ3) is 2.59. The molecule has 0 saturated heterocycles. The van der Waals surface area contributed by atoms with Gasteiger partial charge in [-0.05, 0) is 12.5 Å². The maximum Gasteiger partial charge on any atom is 0.317 e. The van der Waals surface area contributed by atoms with Gasteiger partial charge in [0.2, 0.25) is 0 Å². The predicted molar refractivity (Wildman–Crippen MR) is 57.7 cm³/mol. The number of carboxylic acids is 1. The lowest BCUT2D eigenvalue weighted by Gasteiger charge is -2.25. The molecule has 0 aliphatic heterocycles. The topological polar surface area (TPSA) is 92.5 Å². The second kappa shape index (κ2) is 4.63. The molecule has 1 aliphatic rings. The third-order valence-electron chi connectivity index (χ3n) is 2.30. The van der Waals surface area contributed by atoms with Crippen molar-refractivity contribution in [1.82, 2.24) is 5.32 Å². The zero-order chi connectivity index (χ0) is 12.3. The minimum Gasteiger partial charge on any atom is -0.480 e. The summed E-state index contributed by atoms with van der Waals surface area (Å²) in [7, 11) is 0. The van der Waals surface area contributed by atoms with Crippen LogP contribution in [0.2, 0.25) is 0 Å². The van der Waals surface area contributed by atoms with Crippen molar-refractivity contribution >= 4 is 17.6 Å². The van der Waals surface area contributed by atoms with Crippen LogP contribution in [0, 0.1) is 10.1 Å². The number of rotatable bonds is 4. The summed E-state index contributed by atoms with van der Waals surface area (Å²) < 4.78 is 0. The lowest BCUT2D eigenvalue weighted by molar-refractivity contribution is -0.562. The van der Waals surface area contributed by atoms with Crippen molar-refractivity contribution in [3.05, 3.63) is 32.9 Å². The number of carboxylic acid groups (broad SMARTS) is 1. The summed E-state index contributed by atoms with van der Waals surface area (Å²) in [4.78, 5) is 20.8. The normalized spacial score (nSPS) is 24.6. The van der Waals surface area contributed by atoms with E-state index in [-0.39, 0.29) is 6.42 Å². The van der Waals surface area contributed by atoms with Crippen LogP contribution in [-0.4, -0.2) is 28.2 Å². The molecule has 0 fully saturated rings. The van der Waals surface area contributed by atoms with E-state index in [4.69, 9.17) is 16.7 Å². The zero-order valence-electron chi connectivity index (χ0n) is 8.57. The number of nitrogens with one attached hydrogen (secondary N) is 1. The van der Waals surface area contributed by atoms with E-state index in [2.05, 4.69) is 5.32 Å². The van der Waals surface area contributed by atoms with E-state index in [1.807, 2.05) is 0 Å². The molecule has 1 unspecified atom stereocenters. The number of allylic oxidation sites excluding steroid dienone is 2. The van der Waals surface area contributed by atoms with Gasteiger partial charge in [0.05, 0.1) is 6.42 Å². The Morgan fingerprint density at radius 3 is 2.88 bits per heavy atom. The molecule has 0 aromatic rings. The lowest BCUT2D eigenvalue weighted by atomic mass is 9.97. The molecule has 2 N–H and O–H groups in total. The zero-order valence-corrected chi connectivity index (χ0v) is 9.32. The van der Waals surface area contributed by atoms with Crippen LogP contribution in [0.25, 0.3) is 0 Å². The molecule has 0 heterocycles. The summed E-state index contributed by atoms with van der Waals surface area (Å²) in [6.07, 6.45) is 2.89. The molecular weight excluding hydrogens is 236 g/mol. The Bertz CT molecular complexity index is 391. The Hall–Kier alpha value is -1.40. The molecule has 16 heavy (non-hydrogen) atoms. The van der Waals surface area contributed by atoms with Crippen molar-refractivity contribution in [3.63, 3.8) is 0 Å². The summed E-state index contributed by atoms with van der Waals surface area (Å²) in [5, 5.41) is 22.3. The third-order valence-corrected chi connectivity index (χ3v) is 2.75. The van der Waals surface area contributed by atoms with Crippen LogP contribution in [-0.2, 0) is 4.79 Å². The quantitative estimate of drug-likeness (QED) is 0.440. The molecule has 1 rings (SSSR count). The van der Waals surface area contributed by atoms with Crippen LogP contribution in [0.5, 0.6) is 0 Å². The number of hydrogen-bond acceptors (Lipinski definition) is 4. The molecular formula is C9H11ClN2O4. The lowest BCUT2D eigenvalue weighted by Crippen LogP contribution is -2.52. The molecule has 0 aromatic heterocycles. The maximum atomic E-state index is 11.0. The van der Waals surface area contributed by atoms with Crippen LogP contribution < -0.4 is 5.32 Å². The standard InChI is InChI=1S/C9H11ClN2O4/c1-6-4-9(12(15)16,3-2-7(6)10)11-5-8(13)14/h2,4,11H,3,5H2,1H3,(H,13,14). The van der Waals surface area contributed by atoms with Gasteiger partial charge >= 0.3 is 5.97 Å². The van der Waals surface area contributed by atoms with Gasteiger partial charge in [0.1, 0.15) is 6.54 Å². The molecule has 0 bridgehead atoms. The second-order valence-corrected chi connectivity index (χ2v) is 3.92. The van der Waals surface area contributed by atoms with E-state index in [1.165, 1.54) is 12.2 Å². The Balaban J connectivity index is 2.93. The molecule has 1 atom stereocenters. The highest BCUT2D eigenvalue weighted by atomic mass is 35.5. The molecule has 0 radical (unpaired) electrons. The largest absolute Gasteiger partial charge is 0.480 e. The van der Waals surface area contributed by atoms with Gasteiger partial charge in [-0.3, -0.25) is 14.9 Å². The van der Waals surface area contributed by atoms with Crippen molar-refractivity contribution in [1.29, 1.82) is 0 Å². The van der Waals surface area contributed by atoms with E-state index in [1.54, 1.807) is 6.92 Å². The summed E-state index contributed by atoms with van der Waals surface area (Å²) in [5.41, 5.74) is -1.01. The van der Waals surface area contributed by atoms with E-state index < -0.39 is 23.1 Å². The smallest absolute Gasteiger partial charge is 0.317 e. The van der Waals surface area contributed by atoms with Gasteiger partial charge < -0.3 is 5.11 Å². The molecule has 88 valence electrons. The first-order valence-corrected chi connectivity index (χ1v) is 4.92. The average molecular weight is 247 g/mol. The highest BCUT2D eigenvalue weighted by molar-refractivity contribution is 6.32. The van der Waals surface area contributed by atoms with E-state index in [0.717, 1.165) is 0 Å². The SMILES string of the molecule is CC1=CC(NCC(=O)O)([N+](=O)[O-])CC=C1Cl. The van der Waals surface area contributed by atoms with Gasteiger partial charge in [-0.1, -0.05) is 17.7 Å². The molecule has 0 aromatic carbocycles. The van der Waals surface area contributed by atoms with Gasteiger partial charge in [0, 0.05) is 16.0 Å². The summed E-state index contributed by atoms with van der Waals surface area (Å²) in [6, 6.07) is 0. The van der Waals surface area contributed by atoms with E-state index in [0.29, 0.717) is 10.6 Å². The molecule has 0 spiro atoms. The Morgan fingerprint density at radius 1 is 1.81 bits per heavy atom. The summed E-state index contributed by atoms with van der Waals surface area (Å²) in [6.45, 7) is 1.16. The summed E-state index contributed by atoms with van der Waals surface area (Å²) >= 11 is 5.79. The van der Waals surface area contributed by atoms with Gasteiger partial charge in [0.25, 0.3) is 5.66 Å². The van der Waals surface area contributed by atoms with Crippen molar-refractivity contribution in [2.24, 2.45) is 0 Å². The molecule has 0 saturated carbocycles. The van der Waals surface area contributed by atoms with Crippen LogP contribution in [0.3, 0.4) is 0 Å². The second-order valence-electron chi connectivity index (χ2n) is 3.51. The average Bonchev–Trinajstić information content (AvgIpc) is 2.20. The molecule has 0 amide bonds. The fourth-order valence-electron chi connectivity index (χ4n) is 1.44. The van der Waals surface area contributed by atoms with Crippen LogP contribution >= 0.6 is 11.6 Å². The highest BCUT2D eigenvalue weighted by Gasteiger charge is 2.41. The van der Waals surface area contributed by atoms with Crippen molar-refractivity contribution < 1.29 is 14.8 Å². The number of nitrogens with zero attached hydrogens (tertiary/aromatic N) is 1. The van der Waals surface area contributed by atoms with Gasteiger partial charge in [-0.2, -0.15) is 0 Å². The molecule has 1 aliphatic carbocycles. The number of carbonyl (C=O) groups is 1. The Kier molecular flexibility index (Phi) is 3.66. The van der Waals surface area contributed by atoms with Gasteiger partial charge in [0.15, 0.2) is 0 Å². The molecule has 6 nitrogen and oxygen atoms in total. The number of hydrogen-bond donors (Lipinski definition) is 2. The first-order valence-electron chi connectivity index (χ1n) is 4.54. The minimum absolute atomic E-state index is 0.0312. The van der Waals surface area contributed by atoms with E-state index >= 15 is 0 Å². The highest BCUT2D eigenvalue weighted by Crippen LogP contribution is 2.28. The first kappa shape index (κ1) is 12.7. The summed E-state index contributed by atoms with van der Waals surface area (Å²) in [5.74, 6) is -1.15. The van der Waals surface area contributed by atoms with Crippen molar-refractivity contribution in [2.45, 2.75) is 19.0 Å². The van der Waals surface area contributed by atoms with Crippen molar-refractivity contribution in [3.8, 4) is 0 Å². The van der Waals surface area contributed by atoms with Crippen LogP contribution in [0.4, 0.5) is 0 Å². The number of halogens is 1. The van der Waals surface area contributed by atoms with Crippen LogP contribution in [0.1, 0.15) is 13.3 Å². The van der Waals surface area contributed by atoms with Gasteiger partial charge in [-0.15, -0.1) is 0 Å². The Labute approximate surface area is 96.7 Å². The minimum atomic E-state index is -1.57. The maximum absolute atomic E-state index is 11.0. The fraction of sp³-hybridized carbons (Fsp3) is 0.444. The predicted octanol–water partition coefficient (Wildman–Crippen LogP) is 1.11. The Morgan fingerprint density at radius 2 is 2.44 bits per heavy atom. The monoisotopic (exact) mass is 246 g/mol. The first-order chi connectivity index (χ1) is 7.37. The van der Waals surface area contributed by atoms with Crippen molar-refractivity contribution in [2.75, 3.05) is 6.54 Å².